The Balaban J connectivity index is 2.08. The molecule has 0 spiro atoms. The van der Waals surface area contributed by atoms with E-state index in [0.29, 0.717) is 13.2 Å². The van der Waals surface area contributed by atoms with E-state index in [4.69, 9.17) is 0 Å². The van der Waals surface area contributed by atoms with E-state index in [2.05, 4.69) is 26.3 Å². The van der Waals surface area contributed by atoms with E-state index in [1.165, 1.54) is 0 Å². The first-order valence-electron chi connectivity index (χ1n) is 5.06. The van der Waals surface area contributed by atoms with Gasteiger partial charge < -0.3 is 10.5 Å². The van der Waals surface area contributed by atoms with Crippen molar-refractivity contribution in [1.82, 2.24) is 10.4 Å². The second-order valence-electron chi connectivity index (χ2n) is 4.06. The number of rotatable bonds is 3. The zero-order valence-corrected chi connectivity index (χ0v) is 10.6. The Labute approximate surface area is 103 Å². The number of β-amino-alcohol motifs (C(OH)–C–C–N with tert-alkyl or cyclic N) is 1. The normalized spacial score (nSPS) is 19.4. The lowest BCUT2D eigenvalue weighted by molar-refractivity contribution is 0.0119. The van der Waals surface area contributed by atoms with Crippen molar-refractivity contribution in [2.45, 2.75) is 12.5 Å². The summed E-state index contributed by atoms with van der Waals surface area (Å²) in [5.41, 5.74) is 2.97. The molecule has 1 unspecified atom stereocenters. The van der Waals surface area contributed by atoms with Gasteiger partial charge in [0.25, 0.3) is 0 Å². The van der Waals surface area contributed by atoms with Crippen molar-refractivity contribution in [1.29, 1.82) is 0 Å². The molecule has 1 atom stereocenters. The van der Waals surface area contributed by atoms with Gasteiger partial charge in [-0.2, -0.15) is 5.01 Å². The van der Waals surface area contributed by atoms with Crippen LogP contribution in [0.15, 0.2) is 33.7 Å². The first-order chi connectivity index (χ1) is 7.58. The highest BCUT2D eigenvalue weighted by molar-refractivity contribution is 9.10. The Kier molecular flexibility index (Phi) is 3.28. The molecule has 0 fully saturated rings. The summed E-state index contributed by atoms with van der Waals surface area (Å²) < 4.78 is 1.01. The van der Waals surface area contributed by atoms with Crippen molar-refractivity contribution in [3.63, 3.8) is 0 Å². The fraction of sp³-hybridized carbons (Fsp3) is 0.364. The Hall–Kier alpha value is -0.910. The Bertz CT molecular complexity index is 381. The fourth-order valence-electron chi connectivity index (χ4n) is 1.67. The summed E-state index contributed by atoms with van der Waals surface area (Å²) in [4.78, 5) is 4.03. The third-order valence-electron chi connectivity index (χ3n) is 2.55. The zero-order chi connectivity index (χ0) is 11.6. The van der Waals surface area contributed by atoms with E-state index in [1.54, 1.807) is 13.3 Å². The average Bonchev–Trinajstić information content (AvgIpc) is 2.70. The summed E-state index contributed by atoms with van der Waals surface area (Å²) in [6.07, 6.45) is 1.64. The number of hydrazine groups is 1. The maximum atomic E-state index is 10.4. The lowest BCUT2D eigenvalue weighted by Gasteiger charge is -2.28. The number of aliphatic hydroxyl groups is 1. The van der Waals surface area contributed by atoms with Gasteiger partial charge in [0, 0.05) is 4.47 Å². The second kappa shape index (κ2) is 4.53. The molecule has 0 aliphatic carbocycles. The van der Waals surface area contributed by atoms with Crippen molar-refractivity contribution < 1.29 is 5.11 Å². The molecular weight excluding hydrogens is 270 g/mol. The molecule has 2 rings (SSSR count). The molecule has 1 aromatic carbocycles. The van der Waals surface area contributed by atoms with Crippen molar-refractivity contribution >= 4 is 22.3 Å². The van der Waals surface area contributed by atoms with Crippen molar-refractivity contribution in [2.75, 3.05) is 13.2 Å². The minimum Gasteiger partial charge on any atom is -0.384 e. The smallest absolute Gasteiger partial charge is 0.110 e. The molecule has 1 heterocycles. The highest BCUT2D eigenvalue weighted by Gasteiger charge is 2.26. The van der Waals surface area contributed by atoms with Crippen LogP contribution in [-0.4, -0.2) is 29.7 Å². The SMILES string of the molecule is CC(O)(CN1CN=CN1)c1ccc(Br)cc1. The van der Waals surface area contributed by atoms with Crippen LogP contribution in [0.25, 0.3) is 0 Å². The van der Waals surface area contributed by atoms with Crippen LogP contribution in [-0.2, 0) is 5.60 Å². The molecule has 0 saturated carbocycles. The van der Waals surface area contributed by atoms with Crippen molar-refractivity contribution in [2.24, 2.45) is 4.99 Å². The van der Waals surface area contributed by atoms with Gasteiger partial charge >= 0.3 is 0 Å². The number of aliphatic imine (C=N–C) groups is 1. The van der Waals surface area contributed by atoms with Crippen molar-refractivity contribution in [3.8, 4) is 0 Å². The summed E-state index contributed by atoms with van der Waals surface area (Å²) >= 11 is 3.38. The number of hydrogen-bond acceptors (Lipinski definition) is 4. The summed E-state index contributed by atoms with van der Waals surface area (Å²) in [5, 5.41) is 12.2. The van der Waals surface area contributed by atoms with Gasteiger partial charge in [0.2, 0.25) is 0 Å². The quantitative estimate of drug-likeness (QED) is 0.883. The van der Waals surface area contributed by atoms with Crippen LogP contribution < -0.4 is 5.43 Å². The van der Waals surface area contributed by atoms with Gasteiger partial charge in [-0.25, -0.2) is 0 Å². The van der Waals surface area contributed by atoms with Crippen LogP contribution in [0.1, 0.15) is 12.5 Å². The van der Waals surface area contributed by atoms with Crippen LogP contribution in [0.4, 0.5) is 0 Å². The van der Waals surface area contributed by atoms with Crippen LogP contribution >= 0.6 is 15.9 Å². The highest BCUT2D eigenvalue weighted by atomic mass is 79.9. The Morgan fingerprint density at radius 2 is 2.19 bits per heavy atom. The third-order valence-corrected chi connectivity index (χ3v) is 3.08. The van der Waals surface area contributed by atoms with Gasteiger partial charge in [0.05, 0.1) is 12.9 Å². The molecular formula is C11H14BrN3O. The summed E-state index contributed by atoms with van der Waals surface area (Å²) in [5.74, 6) is 0. The Morgan fingerprint density at radius 3 is 2.75 bits per heavy atom. The van der Waals surface area contributed by atoms with E-state index in [0.717, 1.165) is 10.0 Å². The number of benzene rings is 1. The van der Waals surface area contributed by atoms with Gasteiger partial charge in [-0.05, 0) is 24.6 Å². The standard InChI is InChI=1S/C11H14BrN3O/c1-11(16,6-15-8-13-7-14-15)9-2-4-10(12)5-3-9/h2-5,7,16H,6,8H2,1H3,(H,13,14). The number of halogens is 1. The summed E-state index contributed by atoms with van der Waals surface area (Å²) in [6.45, 7) is 2.87. The molecule has 1 aromatic rings. The third kappa shape index (κ3) is 2.61. The van der Waals surface area contributed by atoms with E-state index < -0.39 is 5.60 Å². The largest absolute Gasteiger partial charge is 0.384 e. The number of nitrogens with zero attached hydrogens (tertiary/aromatic N) is 2. The molecule has 0 radical (unpaired) electrons. The van der Waals surface area contributed by atoms with Crippen molar-refractivity contribution in [3.05, 3.63) is 34.3 Å². The monoisotopic (exact) mass is 283 g/mol. The van der Waals surface area contributed by atoms with Gasteiger partial charge in [-0.3, -0.25) is 4.99 Å². The van der Waals surface area contributed by atoms with Crippen LogP contribution in [0, 0.1) is 0 Å². The van der Waals surface area contributed by atoms with Gasteiger partial charge in [0.15, 0.2) is 0 Å². The predicted molar refractivity (Wildman–Crippen MR) is 66.9 cm³/mol. The minimum absolute atomic E-state index is 0.495. The molecule has 1 aliphatic heterocycles. The van der Waals surface area contributed by atoms with E-state index in [9.17, 15) is 5.11 Å². The summed E-state index contributed by atoms with van der Waals surface area (Å²) in [7, 11) is 0. The first-order valence-corrected chi connectivity index (χ1v) is 5.85. The molecule has 4 nitrogen and oxygen atoms in total. The van der Waals surface area contributed by atoms with Crippen LogP contribution in [0.5, 0.6) is 0 Å². The van der Waals surface area contributed by atoms with Gasteiger partial charge in [-0.1, -0.05) is 28.1 Å². The lowest BCUT2D eigenvalue weighted by Crippen LogP contribution is -2.43. The first kappa shape index (κ1) is 11.6. The van der Waals surface area contributed by atoms with E-state index in [1.807, 2.05) is 29.3 Å². The van der Waals surface area contributed by atoms with E-state index >= 15 is 0 Å². The molecule has 1 aliphatic rings. The fourth-order valence-corrected chi connectivity index (χ4v) is 1.93. The number of nitrogens with one attached hydrogen (secondary N) is 1. The molecule has 86 valence electrons. The van der Waals surface area contributed by atoms with E-state index in [-0.39, 0.29) is 0 Å². The maximum Gasteiger partial charge on any atom is 0.110 e. The number of hydrogen-bond donors (Lipinski definition) is 2. The van der Waals surface area contributed by atoms with Gasteiger partial charge in [0.1, 0.15) is 12.3 Å². The second-order valence-corrected chi connectivity index (χ2v) is 4.98. The molecule has 0 amide bonds. The molecule has 5 heteroatoms. The minimum atomic E-state index is -0.888. The maximum absolute atomic E-state index is 10.4. The topological polar surface area (TPSA) is 47.9 Å². The molecule has 0 saturated heterocycles. The molecule has 0 bridgehead atoms. The average molecular weight is 284 g/mol. The predicted octanol–water partition coefficient (Wildman–Crippen LogP) is 1.46. The van der Waals surface area contributed by atoms with Gasteiger partial charge in [-0.15, -0.1) is 0 Å². The Morgan fingerprint density at radius 1 is 1.50 bits per heavy atom. The molecule has 2 N–H and O–H groups in total. The zero-order valence-electron chi connectivity index (χ0n) is 9.02. The highest BCUT2D eigenvalue weighted by Crippen LogP contribution is 2.23. The lowest BCUT2D eigenvalue weighted by atomic mass is 9.96. The summed E-state index contributed by atoms with van der Waals surface area (Å²) in [6, 6.07) is 7.69. The van der Waals surface area contributed by atoms with Crippen LogP contribution in [0.2, 0.25) is 0 Å². The molecule has 0 aromatic heterocycles. The van der Waals surface area contributed by atoms with Crippen LogP contribution in [0.3, 0.4) is 0 Å². The molecule has 16 heavy (non-hydrogen) atoms.